The van der Waals surface area contributed by atoms with Crippen molar-refractivity contribution in [3.8, 4) is 5.75 Å². The third-order valence-corrected chi connectivity index (χ3v) is 4.09. The number of amides is 1. The average molecular weight is 368 g/mol. The van der Waals surface area contributed by atoms with Gasteiger partial charge in [-0.25, -0.2) is 14.3 Å². The smallest absolute Gasteiger partial charge is 0.332 e. The molecule has 3 rings (SSSR count). The van der Waals surface area contributed by atoms with Crippen molar-refractivity contribution < 1.29 is 9.53 Å². The lowest BCUT2D eigenvalue weighted by Crippen LogP contribution is -2.42. The first-order valence-electron chi connectivity index (χ1n) is 8.50. The molecule has 0 bridgehead atoms. The first-order chi connectivity index (χ1) is 12.9. The Morgan fingerprint density at radius 2 is 2.04 bits per heavy atom. The van der Waals surface area contributed by atoms with Crippen LogP contribution in [0, 0.1) is 6.92 Å². The van der Waals surface area contributed by atoms with E-state index in [9.17, 15) is 14.4 Å². The maximum absolute atomic E-state index is 12.9. The number of ether oxygens (including phenoxy) is 1. The second-order valence-corrected chi connectivity index (χ2v) is 6.09. The van der Waals surface area contributed by atoms with E-state index in [1.54, 1.807) is 25.1 Å². The van der Waals surface area contributed by atoms with Gasteiger partial charge in [-0.1, -0.05) is 12.1 Å². The number of rotatable bonds is 5. The van der Waals surface area contributed by atoms with Gasteiger partial charge < -0.3 is 10.1 Å². The molecule has 0 atom stereocenters. The number of hydrogen-bond donors (Lipinski definition) is 1. The standard InChI is InChI=1S/C19H20N4O4/c1-4-27-14-8-9-20-17-16(14)18(25)23(19(26)22(17)3)11-15(24)21-13-7-5-6-12(2)10-13/h5-10H,4,11H2,1-3H3,(H,21,24). The fourth-order valence-electron chi connectivity index (χ4n) is 2.86. The molecule has 8 nitrogen and oxygen atoms in total. The molecule has 3 aromatic rings. The summed E-state index contributed by atoms with van der Waals surface area (Å²) >= 11 is 0. The Hall–Kier alpha value is -3.42. The molecule has 0 spiro atoms. The molecule has 2 aromatic heterocycles. The molecule has 0 radical (unpaired) electrons. The van der Waals surface area contributed by atoms with Gasteiger partial charge in [0.15, 0.2) is 5.65 Å². The van der Waals surface area contributed by atoms with Crippen LogP contribution in [0.3, 0.4) is 0 Å². The highest BCUT2D eigenvalue weighted by atomic mass is 16.5. The summed E-state index contributed by atoms with van der Waals surface area (Å²) in [5.41, 5.74) is 0.574. The van der Waals surface area contributed by atoms with Crippen molar-refractivity contribution in [2.24, 2.45) is 7.05 Å². The lowest BCUT2D eigenvalue weighted by atomic mass is 10.2. The number of hydrogen-bond acceptors (Lipinski definition) is 5. The van der Waals surface area contributed by atoms with Crippen LogP contribution in [0.25, 0.3) is 11.0 Å². The van der Waals surface area contributed by atoms with Gasteiger partial charge >= 0.3 is 5.69 Å². The number of carbonyl (C=O) groups excluding carboxylic acids is 1. The van der Waals surface area contributed by atoms with Gasteiger partial charge in [-0.2, -0.15) is 0 Å². The minimum atomic E-state index is -0.618. The maximum atomic E-state index is 12.9. The highest BCUT2D eigenvalue weighted by molar-refractivity contribution is 5.91. The van der Waals surface area contributed by atoms with Crippen molar-refractivity contribution in [3.05, 3.63) is 62.9 Å². The first-order valence-corrected chi connectivity index (χ1v) is 8.50. The minimum absolute atomic E-state index is 0.171. The summed E-state index contributed by atoms with van der Waals surface area (Å²) < 4.78 is 7.62. The van der Waals surface area contributed by atoms with E-state index in [2.05, 4.69) is 10.3 Å². The van der Waals surface area contributed by atoms with Crippen LogP contribution < -0.4 is 21.3 Å². The van der Waals surface area contributed by atoms with E-state index in [4.69, 9.17) is 4.74 Å². The Labute approximate surface area is 155 Å². The molecule has 8 heteroatoms. The Kier molecular flexibility index (Phi) is 5.07. The number of aromatic nitrogens is 3. The van der Waals surface area contributed by atoms with Crippen molar-refractivity contribution >= 4 is 22.6 Å². The highest BCUT2D eigenvalue weighted by Gasteiger charge is 2.18. The number of anilines is 1. The second-order valence-electron chi connectivity index (χ2n) is 6.09. The molecule has 1 N–H and O–H groups in total. The van der Waals surface area contributed by atoms with E-state index >= 15 is 0 Å². The zero-order valence-corrected chi connectivity index (χ0v) is 15.4. The Morgan fingerprint density at radius 3 is 2.74 bits per heavy atom. The van der Waals surface area contributed by atoms with E-state index in [1.807, 2.05) is 19.1 Å². The number of carbonyl (C=O) groups is 1. The summed E-state index contributed by atoms with van der Waals surface area (Å²) in [6.07, 6.45) is 1.47. The van der Waals surface area contributed by atoms with E-state index < -0.39 is 23.7 Å². The predicted octanol–water partition coefficient (Wildman–Crippen LogP) is 1.44. The molecule has 2 heterocycles. The summed E-state index contributed by atoms with van der Waals surface area (Å²) in [5.74, 6) is -0.142. The molecule has 0 unspecified atom stereocenters. The summed E-state index contributed by atoms with van der Waals surface area (Å²) in [5, 5.41) is 2.87. The minimum Gasteiger partial charge on any atom is -0.493 e. The lowest BCUT2D eigenvalue weighted by molar-refractivity contribution is -0.116. The summed E-state index contributed by atoms with van der Waals surface area (Å²) in [6.45, 7) is 3.65. The van der Waals surface area contributed by atoms with Gasteiger partial charge in [0.25, 0.3) is 5.56 Å². The van der Waals surface area contributed by atoms with E-state index in [0.29, 0.717) is 18.0 Å². The Morgan fingerprint density at radius 1 is 1.26 bits per heavy atom. The van der Waals surface area contributed by atoms with Crippen molar-refractivity contribution in [2.75, 3.05) is 11.9 Å². The Bertz CT molecular complexity index is 1130. The quantitative estimate of drug-likeness (QED) is 0.735. The summed E-state index contributed by atoms with van der Waals surface area (Å²) in [4.78, 5) is 42.0. The predicted molar refractivity (Wildman–Crippen MR) is 102 cm³/mol. The van der Waals surface area contributed by atoms with Gasteiger partial charge in [-0.05, 0) is 37.6 Å². The van der Waals surface area contributed by atoms with Gasteiger partial charge in [0, 0.05) is 18.9 Å². The average Bonchev–Trinajstić information content (AvgIpc) is 2.63. The van der Waals surface area contributed by atoms with E-state index in [0.717, 1.165) is 10.1 Å². The molecule has 0 saturated heterocycles. The van der Waals surface area contributed by atoms with Crippen LogP contribution in [0.2, 0.25) is 0 Å². The van der Waals surface area contributed by atoms with Gasteiger partial charge in [0.1, 0.15) is 17.7 Å². The van der Waals surface area contributed by atoms with Gasteiger partial charge in [0.2, 0.25) is 5.91 Å². The van der Waals surface area contributed by atoms with Gasteiger partial charge in [0.05, 0.1) is 6.61 Å². The van der Waals surface area contributed by atoms with Gasteiger partial charge in [-0.15, -0.1) is 0 Å². The van der Waals surface area contributed by atoms with Crippen LogP contribution in [0.15, 0.2) is 46.1 Å². The largest absolute Gasteiger partial charge is 0.493 e. The fraction of sp³-hybridized carbons (Fsp3) is 0.263. The molecule has 0 aliphatic rings. The summed E-state index contributed by atoms with van der Waals surface area (Å²) in [7, 11) is 1.50. The van der Waals surface area contributed by atoms with Crippen LogP contribution in [-0.2, 0) is 18.4 Å². The van der Waals surface area contributed by atoms with Gasteiger partial charge in [-0.3, -0.25) is 14.2 Å². The highest BCUT2D eigenvalue weighted by Crippen LogP contribution is 2.19. The molecule has 0 aliphatic heterocycles. The third-order valence-electron chi connectivity index (χ3n) is 4.09. The monoisotopic (exact) mass is 368 g/mol. The number of fused-ring (bicyclic) bond motifs is 1. The third kappa shape index (κ3) is 3.59. The molecule has 0 aliphatic carbocycles. The molecular formula is C19H20N4O4. The van der Waals surface area contributed by atoms with Crippen LogP contribution in [0.1, 0.15) is 12.5 Å². The molecule has 0 fully saturated rings. The van der Waals surface area contributed by atoms with E-state index in [-0.39, 0.29) is 11.0 Å². The SMILES string of the molecule is CCOc1ccnc2c1c(=O)n(CC(=O)Nc1cccc(C)c1)c(=O)n2C. The van der Waals surface area contributed by atoms with Crippen LogP contribution in [-0.4, -0.2) is 26.6 Å². The number of pyridine rings is 1. The molecule has 27 heavy (non-hydrogen) atoms. The van der Waals surface area contributed by atoms with E-state index in [1.165, 1.54) is 17.8 Å². The van der Waals surface area contributed by atoms with Crippen LogP contribution in [0.5, 0.6) is 5.75 Å². The van der Waals surface area contributed by atoms with Crippen molar-refractivity contribution in [3.63, 3.8) is 0 Å². The fourth-order valence-corrected chi connectivity index (χ4v) is 2.86. The summed E-state index contributed by atoms with van der Waals surface area (Å²) in [6, 6.07) is 8.82. The molecule has 1 amide bonds. The van der Waals surface area contributed by atoms with Crippen molar-refractivity contribution in [1.29, 1.82) is 0 Å². The number of benzene rings is 1. The van der Waals surface area contributed by atoms with Crippen molar-refractivity contribution in [1.82, 2.24) is 14.1 Å². The van der Waals surface area contributed by atoms with Crippen LogP contribution in [0.4, 0.5) is 5.69 Å². The maximum Gasteiger partial charge on any atom is 0.332 e. The number of nitrogens with one attached hydrogen (secondary N) is 1. The lowest BCUT2D eigenvalue weighted by Gasteiger charge is -2.13. The normalized spacial score (nSPS) is 10.8. The first kappa shape index (κ1) is 18.4. The molecular weight excluding hydrogens is 348 g/mol. The zero-order valence-electron chi connectivity index (χ0n) is 15.4. The molecule has 0 saturated carbocycles. The zero-order chi connectivity index (χ0) is 19.6. The van der Waals surface area contributed by atoms with Crippen molar-refractivity contribution in [2.45, 2.75) is 20.4 Å². The number of nitrogens with zero attached hydrogens (tertiary/aromatic N) is 3. The topological polar surface area (TPSA) is 95.2 Å². The molecule has 140 valence electrons. The molecule has 1 aromatic carbocycles. The van der Waals surface area contributed by atoms with Crippen LogP contribution >= 0.6 is 0 Å². The number of aryl methyl sites for hydroxylation is 2. The Balaban J connectivity index is 2.04. The second kappa shape index (κ2) is 7.45.